The topological polar surface area (TPSA) is 99.2 Å². The lowest BCUT2D eigenvalue weighted by molar-refractivity contribution is 0.0992. The van der Waals surface area contributed by atoms with E-state index in [4.69, 9.17) is 15.5 Å². The van der Waals surface area contributed by atoms with Gasteiger partial charge >= 0.3 is 0 Å². The first-order valence-corrected chi connectivity index (χ1v) is 12.2. The minimum Gasteiger partial charge on any atom is -0.485 e. The van der Waals surface area contributed by atoms with E-state index in [0.29, 0.717) is 11.6 Å². The van der Waals surface area contributed by atoms with Crippen LogP contribution in [0, 0.1) is 6.92 Å². The first-order chi connectivity index (χ1) is 17.1. The Bertz CT molecular complexity index is 1430. The summed E-state index contributed by atoms with van der Waals surface area (Å²) in [5.74, 6) is 0.791. The summed E-state index contributed by atoms with van der Waals surface area (Å²) in [5, 5.41) is 9.38. The van der Waals surface area contributed by atoms with Gasteiger partial charge in [-0.2, -0.15) is 0 Å². The van der Waals surface area contributed by atoms with Gasteiger partial charge in [0.15, 0.2) is 5.69 Å². The molecule has 1 amide bonds. The van der Waals surface area contributed by atoms with Gasteiger partial charge in [0.25, 0.3) is 5.91 Å². The Kier molecular flexibility index (Phi) is 8.02. The Hall–Kier alpha value is -3.20. The van der Waals surface area contributed by atoms with E-state index in [2.05, 4.69) is 51.6 Å². The average Bonchev–Trinajstić information content (AvgIpc) is 3.32. The first kappa shape index (κ1) is 26.9. The molecule has 4 heterocycles. The summed E-state index contributed by atoms with van der Waals surface area (Å²) in [7, 11) is 0. The maximum Gasteiger partial charge on any atom is 0.271 e. The van der Waals surface area contributed by atoms with Crippen LogP contribution >= 0.6 is 24.8 Å². The van der Waals surface area contributed by atoms with Gasteiger partial charge in [-0.15, -0.1) is 29.9 Å². The number of aryl methyl sites for hydroxylation is 1. The number of piperidine rings is 1. The number of rotatable bonds is 5. The summed E-state index contributed by atoms with van der Waals surface area (Å²) in [4.78, 5) is 18.9. The number of para-hydroxylation sites is 1. The van der Waals surface area contributed by atoms with Crippen LogP contribution in [-0.2, 0) is 13.0 Å². The number of hydrogen-bond acceptors (Lipinski definition) is 6. The minimum absolute atomic E-state index is 0. The lowest BCUT2D eigenvalue weighted by Crippen LogP contribution is -2.34. The van der Waals surface area contributed by atoms with E-state index >= 15 is 0 Å². The van der Waals surface area contributed by atoms with Crippen LogP contribution in [0.2, 0.25) is 0 Å². The van der Waals surface area contributed by atoms with Gasteiger partial charge in [0.2, 0.25) is 0 Å². The molecule has 2 N–H and O–H groups in total. The molecule has 0 bridgehead atoms. The number of amides is 1. The molecule has 8 nitrogen and oxygen atoms in total. The smallest absolute Gasteiger partial charge is 0.271 e. The van der Waals surface area contributed by atoms with Gasteiger partial charge in [0.05, 0.1) is 5.52 Å². The van der Waals surface area contributed by atoms with E-state index in [1.54, 1.807) is 4.68 Å². The van der Waals surface area contributed by atoms with Crippen molar-refractivity contribution in [3.05, 3.63) is 76.7 Å². The number of primary amides is 1. The molecule has 0 unspecified atom stereocenters. The van der Waals surface area contributed by atoms with Gasteiger partial charge in [-0.3, -0.25) is 9.78 Å². The van der Waals surface area contributed by atoms with Crippen LogP contribution in [0.1, 0.15) is 51.8 Å². The number of fused-ring (bicyclic) bond motifs is 4. The van der Waals surface area contributed by atoms with Gasteiger partial charge in [0.1, 0.15) is 23.7 Å². The number of pyridine rings is 1. The molecule has 2 aliphatic rings. The predicted octanol–water partition coefficient (Wildman–Crippen LogP) is 4.38. The van der Waals surface area contributed by atoms with Crippen molar-refractivity contribution >= 4 is 41.6 Å². The molecule has 10 heteroatoms. The van der Waals surface area contributed by atoms with Gasteiger partial charge in [-0.1, -0.05) is 35.5 Å². The van der Waals surface area contributed by atoms with Crippen LogP contribution in [0.5, 0.6) is 5.75 Å². The highest BCUT2D eigenvalue weighted by Crippen LogP contribution is 2.35. The number of halogens is 2. The molecule has 2 aromatic carbocycles. The Balaban J connectivity index is 0.00000160. The summed E-state index contributed by atoms with van der Waals surface area (Å²) in [6, 6.07) is 16.9. The lowest BCUT2D eigenvalue weighted by atomic mass is 9.87. The normalized spacial score (nSPS) is 15.2. The van der Waals surface area contributed by atoms with Crippen LogP contribution in [0.4, 0.5) is 0 Å². The van der Waals surface area contributed by atoms with E-state index in [-0.39, 0.29) is 37.1 Å². The fourth-order valence-corrected chi connectivity index (χ4v) is 5.44. The van der Waals surface area contributed by atoms with Crippen molar-refractivity contribution < 1.29 is 9.53 Å². The van der Waals surface area contributed by atoms with Crippen molar-refractivity contribution in [2.75, 3.05) is 19.6 Å². The Morgan fingerprint density at radius 2 is 1.86 bits per heavy atom. The molecule has 2 aromatic heterocycles. The third kappa shape index (κ3) is 5.01. The second-order valence-corrected chi connectivity index (χ2v) is 9.45. The summed E-state index contributed by atoms with van der Waals surface area (Å²) in [5.41, 5.74) is 11.7. The van der Waals surface area contributed by atoms with Gasteiger partial charge in [-0.05, 0) is 74.5 Å². The van der Waals surface area contributed by atoms with Crippen molar-refractivity contribution in [2.45, 2.75) is 38.7 Å². The van der Waals surface area contributed by atoms with Gasteiger partial charge < -0.3 is 15.4 Å². The lowest BCUT2D eigenvalue weighted by Gasteiger charge is -2.33. The van der Waals surface area contributed by atoms with Crippen LogP contribution < -0.4 is 10.5 Å². The number of carbonyl (C=O) groups is 1. The molecule has 37 heavy (non-hydrogen) atoms. The van der Waals surface area contributed by atoms with Crippen molar-refractivity contribution in [2.24, 2.45) is 5.73 Å². The standard InChI is InChI=1S/C27H28N6O2.2ClH/c1-17-8-9-21-20(5-3-6-22(21)29-17)18-10-13-32(14-11-18)15-12-19-4-2-7-23-26(19)35-16-24-25(27(28)34)30-31-33(23)24;;/h2-9,18H,10-16H2,1H3,(H2,28,34);2*1H. The largest absolute Gasteiger partial charge is 0.485 e. The molecule has 0 radical (unpaired) electrons. The molecule has 194 valence electrons. The molecule has 0 saturated carbocycles. The summed E-state index contributed by atoms with van der Waals surface area (Å²) in [6.07, 6.45) is 3.18. The van der Waals surface area contributed by atoms with E-state index in [1.807, 2.05) is 19.1 Å². The van der Waals surface area contributed by atoms with E-state index in [1.165, 1.54) is 10.9 Å². The summed E-state index contributed by atoms with van der Waals surface area (Å²) >= 11 is 0. The Morgan fingerprint density at radius 1 is 1.08 bits per heavy atom. The van der Waals surface area contributed by atoms with Crippen LogP contribution in [0.3, 0.4) is 0 Å². The SMILES string of the molecule is Cc1ccc2c(C3CCN(CCc4cccc5c4OCc4c(C(N)=O)nnn4-5)CC3)cccc2n1.Cl.Cl. The third-order valence-electron chi connectivity index (χ3n) is 7.28. The number of nitrogens with zero attached hydrogens (tertiary/aromatic N) is 5. The van der Waals surface area contributed by atoms with Crippen molar-refractivity contribution in [3.8, 4) is 11.4 Å². The zero-order valence-electron chi connectivity index (χ0n) is 20.6. The van der Waals surface area contributed by atoms with E-state index in [0.717, 1.165) is 67.1 Å². The molecule has 0 atom stereocenters. The van der Waals surface area contributed by atoms with Crippen molar-refractivity contribution in [1.29, 1.82) is 0 Å². The fourth-order valence-electron chi connectivity index (χ4n) is 5.44. The highest BCUT2D eigenvalue weighted by molar-refractivity contribution is 5.92. The van der Waals surface area contributed by atoms with Crippen molar-refractivity contribution in [3.63, 3.8) is 0 Å². The van der Waals surface area contributed by atoms with Crippen molar-refractivity contribution in [1.82, 2.24) is 24.9 Å². The first-order valence-electron chi connectivity index (χ1n) is 12.2. The monoisotopic (exact) mass is 540 g/mol. The number of carbonyl (C=O) groups excluding carboxylic acids is 1. The number of aromatic nitrogens is 4. The maximum absolute atomic E-state index is 11.6. The third-order valence-corrected chi connectivity index (χ3v) is 7.28. The molecule has 1 fully saturated rings. The second-order valence-electron chi connectivity index (χ2n) is 9.45. The minimum atomic E-state index is -0.590. The number of nitrogens with two attached hydrogens (primary N) is 1. The van der Waals surface area contributed by atoms with E-state index < -0.39 is 5.91 Å². The summed E-state index contributed by atoms with van der Waals surface area (Å²) < 4.78 is 7.74. The van der Waals surface area contributed by atoms with Crippen LogP contribution in [0.25, 0.3) is 16.6 Å². The van der Waals surface area contributed by atoms with Crippen LogP contribution in [-0.4, -0.2) is 50.4 Å². The zero-order chi connectivity index (χ0) is 23.9. The zero-order valence-corrected chi connectivity index (χ0v) is 22.2. The molecule has 4 aromatic rings. The fraction of sp³-hybridized carbons (Fsp3) is 0.333. The Morgan fingerprint density at radius 3 is 2.65 bits per heavy atom. The number of hydrogen-bond donors (Lipinski definition) is 1. The second kappa shape index (κ2) is 11.0. The van der Waals surface area contributed by atoms with Gasteiger partial charge in [0, 0.05) is 17.6 Å². The van der Waals surface area contributed by atoms with E-state index in [9.17, 15) is 4.79 Å². The number of benzene rings is 2. The predicted molar refractivity (Wildman–Crippen MR) is 147 cm³/mol. The molecule has 2 aliphatic heterocycles. The average molecular weight is 541 g/mol. The molecule has 0 aliphatic carbocycles. The highest BCUT2D eigenvalue weighted by Gasteiger charge is 2.27. The molecule has 1 saturated heterocycles. The Labute approximate surface area is 228 Å². The highest BCUT2D eigenvalue weighted by atomic mass is 35.5. The molecule has 6 rings (SSSR count). The molecular formula is C27H30Cl2N6O2. The molecular weight excluding hydrogens is 511 g/mol. The van der Waals surface area contributed by atoms with Crippen LogP contribution in [0.15, 0.2) is 48.5 Å². The quantitative estimate of drug-likeness (QED) is 0.403. The number of likely N-dealkylation sites (tertiary alicyclic amines) is 1. The molecule has 0 spiro atoms. The van der Waals surface area contributed by atoms with Gasteiger partial charge in [-0.25, -0.2) is 4.68 Å². The maximum atomic E-state index is 11.6. The number of ether oxygens (including phenoxy) is 1. The summed E-state index contributed by atoms with van der Waals surface area (Å²) in [6.45, 7) is 5.40.